The average Bonchev–Trinajstić information content (AvgIpc) is 2.35. The second kappa shape index (κ2) is 5.45. The summed E-state index contributed by atoms with van der Waals surface area (Å²) < 4.78 is 0. The lowest BCUT2D eigenvalue weighted by Gasteiger charge is -2.06. The topological polar surface area (TPSA) is 42.0 Å². The van der Waals surface area contributed by atoms with Crippen LogP contribution in [-0.2, 0) is 11.2 Å². The summed E-state index contributed by atoms with van der Waals surface area (Å²) in [4.78, 5) is 16.0. The first kappa shape index (κ1) is 12.3. The molecule has 1 amide bonds. The molecule has 2 rings (SSSR count). The maximum Gasteiger partial charge on any atom is 0.229 e. The number of aryl methyl sites for hydroxylation is 2. The summed E-state index contributed by atoms with van der Waals surface area (Å²) in [6, 6.07) is 11.6. The molecular formula is C15H16N2O. The Bertz CT molecular complexity index is 547. The van der Waals surface area contributed by atoms with Gasteiger partial charge >= 0.3 is 0 Å². The summed E-state index contributed by atoms with van der Waals surface area (Å²) >= 11 is 0. The van der Waals surface area contributed by atoms with Gasteiger partial charge in [-0.05, 0) is 36.6 Å². The van der Waals surface area contributed by atoms with E-state index >= 15 is 0 Å². The summed E-state index contributed by atoms with van der Waals surface area (Å²) in [6.45, 7) is 3.97. The molecule has 3 heteroatoms. The fraction of sp³-hybridized carbons (Fsp3) is 0.200. The zero-order chi connectivity index (χ0) is 13.0. The fourth-order valence-electron chi connectivity index (χ4n) is 1.71. The molecule has 3 nitrogen and oxygen atoms in total. The minimum atomic E-state index is -0.0411. The molecule has 0 saturated carbocycles. The molecule has 0 aliphatic carbocycles. The van der Waals surface area contributed by atoms with Crippen molar-refractivity contribution in [1.29, 1.82) is 0 Å². The molecule has 18 heavy (non-hydrogen) atoms. The molecule has 0 fully saturated rings. The fourth-order valence-corrected chi connectivity index (χ4v) is 1.71. The lowest BCUT2D eigenvalue weighted by atomic mass is 10.1. The Hall–Kier alpha value is -2.16. The second-order valence-electron chi connectivity index (χ2n) is 4.37. The highest BCUT2D eigenvalue weighted by Crippen LogP contribution is 2.09. The quantitative estimate of drug-likeness (QED) is 0.896. The Labute approximate surface area is 107 Å². The number of hydrogen-bond acceptors (Lipinski definition) is 2. The van der Waals surface area contributed by atoms with Crippen LogP contribution in [0.4, 0.5) is 5.82 Å². The number of benzene rings is 1. The van der Waals surface area contributed by atoms with E-state index in [9.17, 15) is 4.79 Å². The van der Waals surface area contributed by atoms with E-state index in [0.717, 1.165) is 16.7 Å². The molecule has 2 aromatic rings. The standard InChI is InChI=1S/C15H16N2O/c1-11-7-8-14(16-10-11)17-15(18)9-13-6-4-3-5-12(13)2/h3-8,10H,9H2,1-2H3,(H,16,17,18). The Morgan fingerprint density at radius 3 is 2.61 bits per heavy atom. The van der Waals surface area contributed by atoms with E-state index in [1.54, 1.807) is 6.20 Å². The zero-order valence-corrected chi connectivity index (χ0v) is 10.6. The van der Waals surface area contributed by atoms with Gasteiger partial charge in [-0.25, -0.2) is 4.98 Å². The molecule has 0 aliphatic rings. The monoisotopic (exact) mass is 240 g/mol. The van der Waals surface area contributed by atoms with Gasteiger partial charge in [0.15, 0.2) is 0 Å². The molecule has 0 spiro atoms. The van der Waals surface area contributed by atoms with Crippen molar-refractivity contribution in [2.75, 3.05) is 5.32 Å². The third kappa shape index (κ3) is 3.17. The Morgan fingerprint density at radius 1 is 1.17 bits per heavy atom. The summed E-state index contributed by atoms with van der Waals surface area (Å²) in [5, 5.41) is 2.79. The number of rotatable bonds is 3. The first-order valence-corrected chi connectivity index (χ1v) is 5.92. The predicted octanol–water partition coefficient (Wildman–Crippen LogP) is 2.88. The van der Waals surface area contributed by atoms with E-state index in [0.29, 0.717) is 12.2 Å². The highest BCUT2D eigenvalue weighted by molar-refractivity contribution is 5.91. The van der Waals surface area contributed by atoms with Crippen molar-refractivity contribution in [3.05, 3.63) is 59.3 Å². The van der Waals surface area contributed by atoms with Gasteiger partial charge in [-0.3, -0.25) is 4.79 Å². The molecule has 0 unspecified atom stereocenters. The second-order valence-corrected chi connectivity index (χ2v) is 4.37. The lowest BCUT2D eigenvalue weighted by Crippen LogP contribution is -2.15. The highest BCUT2D eigenvalue weighted by atomic mass is 16.1. The Balaban J connectivity index is 2.01. The molecule has 0 aliphatic heterocycles. The van der Waals surface area contributed by atoms with Gasteiger partial charge in [-0.1, -0.05) is 30.3 Å². The van der Waals surface area contributed by atoms with Crippen LogP contribution >= 0.6 is 0 Å². The van der Waals surface area contributed by atoms with Gasteiger partial charge in [0.1, 0.15) is 5.82 Å². The molecule has 0 saturated heterocycles. The van der Waals surface area contributed by atoms with Crippen LogP contribution in [0, 0.1) is 13.8 Å². The van der Waals surface area contributed by atoms with Gasteiger partial charge < -0.3 is 5.32 Å². The molecule has 1 aromatic heterocycles. The van der Waals surface area contributed by atoms with Crippen LogP contribution in [0.5, 0.6) is 0 Å². The molecule has 92 valence electrons. The summed E-state index contributed by atoms with van der Waals surface area (Å²) in [7, 11) is 0. The van der Waals surface area contributed by atoms with Gasteiger partial charge in [0.25, 0.3) is 0 Å². The van der Waals surface area contributed by atoms with E-state index < -0.39 is 0 Å². The molecule has 1 aromatic carbocycles. The van der Waals surface area contributed by atoms with Crippen molar-refractivity contribution < 1.29 is 4.79 Å². The van der Waals surface area contributed by atoms with Crippen LogP contribution in [0.25, 0.3) is 0 Å². The van der Waals surface area contributed by atoms with Crippen LogP contribution in [0.15, 0.2) is 42.6 Å². The Morgan fingerprint density at radius 2 is 1.94 bits per heavy atom. The van der Waals surface area contributed by atoms with Gasteiger partial charge in [0.05, 0.1) is 6.42 Å². The number of carbonyl (C=O) groups excluding carboxylic acids is 1. The first-order valence-electron chi connectivity index (χ1n) is 5.92. The minimum Gasteiger partial charge on any atom is -0.310 e. The normalized spacial score (nSPS) is 10.1. The molecule has 0 bridgehead atoms. The number of nitrogens with zero attached hydrogens (tertiary/aromatic N) is 1. The van der Waals surface area contributed by atoms with Gasteiger partial charge in [-0.15, -0.1) is 0 Å². The van der Waals surface area contributed by atoms with Crippen LogP contribution in [0.2, 0.25) is 0 Å². The maximum atomic E-state index is 11.9. The maximum absolute atomic E-state index is 11.9. The summed E-state index contributed by atoms with van der Waals surface area (Å²) in [6.07, 6.45) is 2.12. The number of hydrogen-bond donors (Lipinski definition) is 1. The number of amides is 1. The van der Waals surface area contributed by atoms with E-state index in [1.807, 2.05) is 50.2 Å². The van der Waals surface area contributed by atoms with Crippen molar-refractivity contribution in [1.82, 2.24) is 4.98 Å². The number of aromatic nitrogens is 1. The smallest absolute Gasteiger partial charge is 0.229 e. The van der Waals surface area contributed by atoms with E-state index in [1.165, 1.54) is 0 Å². The van der Waals surface area contributed by atoms with Crippen molar-refractivity contribution in [2.45, 2.75) is 20.3 Å². The zero-order valence-electron chi connectivity index (χ0n) is 10.6. The average molecular weight is 240 g/mol. The number of pyridine rings is 1. The van der Waals surface area contributed by atoms with Crippen molar-refractivity contribution in [3.63, 3.8) is 0 Å². The SMILES string of the molecule is Cc1ccc(NC(=O)Cc2ccccc2C)nc1. The van der Waals surface area contributed by atoms with Crippen molar-refractivity contribution >= 4 is 11.7 Å². The predicted molar refractivity (Wildman–Crippen MR) is 72.5 cm³/mol. The largest absolute Gasteiger partial charge is 0.310 e. The molecular weight excluding hydrogens is 224 g/mol. The first-order chi connectivity index (χ1) is 8.65. The molecule has 0 atom stereocenters. The van der Waals surface area contributed by atoms with Gasteiger partial charge in [-0.2, -0.15) is 0 Å². The number of nitrogens with one attached hydrogen (secondary N) is 1. The van der Waals surface area contributed by atoms with Crippen LogP contribution in [0.3, 0.4) is 0 Å². The third-order valence-corrected chi connectivity index (χ3v) is 2.79. The van der Waals surface area contributed by atoms with Crippen molar-refractivity contribution in [3.8, 4) is 0 Å². The highest BCUT2D eigenvalue weighted by Gasteiger charge is 2.06. The van der Waals surface area contributed by atoms with Crippen LogP contribution < -0.4 is 5.32 Å². The molecule has 1 heterocycles. The summed E-state index contributed by atoms with van der Waals surface area (Å²) in [5.41, 5.74) is 3.25. The summed E-state index contributed by atoms with van der Waals surface area (Å²) in [5.74, 6) is 0.555. The number of carbonyl (C=O) groups is 1. The van der Waals surface area contributed by atoms with Crippen molar-refractivity contribution in [2.24, 2.45) is 0 Å². The lowest BCUT2D eigenvalue weighted by molar-refractivity contribution is -0.115. The molecule has 0 radical (unpaired) electrons. The van der Waals surface area contributed by atoms with E-state index in [2.05, 4.69) is 10.3 Å². The van der Waals surface area contributed by atoms with E-state index in [4.69, 9.17) is 0 Å². The van der Waals surface area contributed by atoms with E-state index in [-0.39, 0.29) is 5.91 Å². The number of anilines is 1. The van der Waals surface area contributed by atoms with Crippen LogP contribution in [0.1, 0.15) is 16.7 Å². The minimum absolute atomic E-state index is 0.0411. The van der Waals surface area contributed by atoms with Crippen LogP contribution in [-0.4, -0.2) is 10.9 Å². The molecule has 1 N–H and O–H groups in total. The third-order valence-electron chi connectivity index (χ3n) is 2.79. The Kier molecular flexibility index (Phi) is 3.72. The van der Waals surface area contributed by atoms with Gasteiger partial charge in [0, 0.05) is 6.20 Å². The van der Waals surface area contributed by atoms with Gasteiger partial charge in [0.2, 0.25) is 5.91 Å².